The summed E-state index contributed by atoms with van der Waals surface area (Å²) < 4.78 is 0. The number of aromatic nitrogens is 2. The van der Waals surface area contributed by atoms with Crippen molar-refractivity contribution in [3.63, 3.8) is 0 Å². The van der Waals surface area contributed by atoms with E-state index in [1.54, 1.807) is 0 Å². The van der Waals surface area contributed by atoms with Gasteiger partial charge in [-0.15, -0.1) is 0 Å². The van der Waals surface area contributed by atoms with Crippen LogP contribution in [-0.4, -0.2) is 9.97 Å². The Balaban J connectivity index is 2.53. The lowest BCUT2D eigenvalue weighted by atomic mass is 10.1. The fourth-order valence-electron chi connectivity index (χ4n) is 2.53. The monoisotopic (exact) mass is 239 g/mol. The topological polar surface area (TPSA) is 54.7 Å². The minimum atomic E-state index is 0.351. The number of H-pyrrole nitrogens is 1. The molecule has 3 heteroatoms. The highest BCUT2D eigenvalue weighted by molar-refractivity contribution is 6.09. The van der Waals surface area contributed by atoms with Gasteiger partial charge in [-0.25, -0.2) is 4.98 Å². The maximum absolute atomic E-state index is 5.93. The normalized spacial score (nSPS) is 11.8. The second-order valence-corrected chi connectivity index (χ2v) is 5.13. The van der Waals surface area contributed by atoms with Crippen molar-refractivity contribution in [2.24, 2.45) is 0 Å². The van der Waals surface area contributed by atoms with Crippen LogP contribution in [0.1, 0.15) is 31.0 Å². The number of nitrogens with two attached hydrogens (primary N) is 1. The number of pyridine rings is 1. The number of anilines is 1. The van der Waals surface area contributed by atoms with Crippen molar-refractivity contribution in [1.82, 2.24) is 9.97 Å². The average molecular weight is 239 g/mol. The summed E-state index contributed by atoms with van der Waals surface area (Å²) in [6, 6.07) is 8.28. The number of nitrogens with one attached hydrogen (secondary N) is 1. The van der Waals surface area contributed by atoms with E-state index in [0.29, 0.717) is 11.7 Å². The molecule has 2 aromatic heterocycles. The molecule has 0 bridgehead atoms. The Morgan fingerprint density at radius 2 is 1.94 bits per heavy atom. The first-order valence-corrected chi connectivity index (χ1v) is 6.25. The van der Waals surface area contributed by atoms with Crippen molar-refractivity contribution < 1.29 is 0 Å². The predicted molar refractivity (Wildman–Crippen MR) is 76.8 cm³/mol. The van der Waals surface area contributed by atoms with Crippen LogP contribution < -0.4 is 5.73 Å². The van der Waals surface area contributed by atoms with E-state index in [2.05, 4.69) is 48.9 Å². The van der Waals surface area contributed by atoms with Gasteiger partial charge in [-0.1, -0.05) is 32.0 Å². The molecule has 0 saturated heterocycles. The second-order valence-electron chi connectivity index (χ2n) is 5.13. The summed E-state index contributed by atoms with van der Waals surface area (Å²) in [6.45, 7) is 6.39. The summed E-state index contributed by atoms with van der Waals surface area (Å²) in [5, 5.41) is 2.39. The van der Waals surface area contributed by atoms with Gasteiger partial charge < -0.3 is 10.7 Å². The highest BCUT2D eigenvalue weighted by Gasteiger charge is 2.13. The zero-order chi connectivity index (χ0) is 12.9. The van der Waals surface area contributed by atoms with E-state index in [1.807, 2.05) is 6.07 Å². The third-order valence-electron chi connectivity index (χ3n) is 3.43. The molecular formula is C15H17N3. The summed E-state index contributed by atoms with van der Waals surface area (Å²) in [5.74, 6) is 0.943. The van der Waals surface area contributed by atoms with E-state index < -0.39 is 0 Å². The van der Waals surface area contributed by atoms with Gasteiger partial charge in [-0.2, -0.15) is 0 Å². The van der Waals surface area contributed by atoms with Crippen LogP contribution in [0.5, 0.6) is 0 Å². The van der Waals surface area contributed by atoms with E-state index in [9.17, 15) is 0 Å². The maximum atomic E-state index is 5.93. The Labute approximate surface area is 106 Å². The minimum Gasteiger partial charge on any atom is -0.384 e. The van der Waals surface area contributed by atoms with Crippen LogP contribution in [-0.2, 0) is 0 Å². The standard InChI is InChI=1S/C15H17N3/c1-8(2)13-15-11(7-12(16)17-13)10-6-4-5-9(3)14(10)18-15/h4-8,18H,1-3H3,(H2,16,17). The van der Waals surface area contributed by atoms with E-state index in [1.165, 1.54) is 21.9 Å². The number of aryl methyl sites for hydroxylation is 1. The zero-order valence-electron chi connectivity index (χ0n) is 10.9. The molecule has 0 spiro atoms. The van der Waals surface area contributed by atoms with E-state index in [4.69, 9.17) is 5.73 Å². The molecule has 92 valence electrons. The van der Waals surface area contributed by atoms with Gasteiger partial charge in [0.2, 0.25) is 0 Å². The Morgan fingerprint density at radius 1 is 1.17 bits per heavy atom. The van der Waals surface area contributed by atoms with Crippen molar-refractivity contribution >= 4 is 27.6 Å². The van der Waals surface area contributed by atoms with Crippen LogP contribution in [0.2, 0.25) is 0 Å². The van der Waals surface area contributed by atoms with Gasteiger partial charge >= 0.3 is 0 Å². The van der Waals surface area contributed by atoms with Gasteiger partial charge in [0.15, 0.2) is 0 Å². The third kappa shape index (κ3) is 1.47. The number of hydrogen-bond acceptors (Lipinski definition) is 2. The molecule has 0 aliphatic carbocycles. The van der Waals surface area contributed by atoms with Crippen molar-refractivity contribution in [3.05, 3.63) is 35.5 Å². The molecule has 0 aliphatic rings. The van der Waals surface area contributed by atoms with Crippen molar-refractivity contribution in [1.29, 1.82) is 0 Å². The second kappa shape index (κ2) is 3.73. The molecule has 3 N–H and O–H groups in total. The Bertz CT molecular complexity index is 738. The Hall–Kier alpha value is -2.03. The van der Waals surface area contributed by atoms with Gasteiger partial charge in [0.1, 0.15) is 5.82 Å². The van der Waals surface area contributed by atoms with Gasteiger partial charge in [0.25, 0.3) is 0 Å². The molecule has 3 aromatic rings. The molecule has 18 heavy (non-hydrogen) atoms. The van der Waals surface area contributed by atoms with E-state index in [-0.39, 0.29) is 0 Å². The third-order valence-corrected chi connectivity index (χ3v) is 3.43. The number of rotatable bonds is 1. The van der Waals surface area contributed by atoms with Crippen molar-refractivity contribution in [3.8, 4) is 0 Å². The summed E-state index contributed by atoms with van der Waals surface area (Å²) in [7, 11) is 0. The SMILES string of the molecule is Cc1cccc2c1[nH]c1c(C(C)C)nc(N)cc12. The molecule has 3 nitrogen and oxygen atoms in total. The average Bonchev–Trinajstić information content (AvgIpc) is 2.68. The first-order valence-electron chi connectivity index (χ1n) is 6.25. The van der Waals surface area contributed by atoms with Gasteiger partial charge in [0.05, 0.1) is 11.2 Å². The fraction of sp³-hybridized carbons (Fsp3) is 0.267. The molecule has 1 aromatic carbocycles. The molecular weight excluding hydrogens is 222 g/mol. The molecule has 0 aliphatic heterocycles. The Morgan fingerprint density at radius 3 is 2.67 bits per heavy atom. The largest absolute Gasteiger partial charge is 0.384 e. The number of nitrogen functional groups attached to an aromatic ring is 1. The fourth-order valence-corrected chi connectivity index (χ4v) is 2.53. The van der Waals surface area contributed by atoms with Crippen LogP contribution in [0.4, 0.5) is 5.82 Å². The minimum absolute atomic E-state index is 0.351. The zero-order valence-corrected chi connectivity index (χ0v) is 10.9. The lowest BCUT2D eigenvalue weighted by molar-refractivity contribution is 0.834. The number of fused-ring (bicyclic) bond motifs is 3. The molecule has 0 unspecified atom stereocenters. The van der Waals surface area contributed by atoms with Crippen molar-refractivity contribution in [2.75, 3.05) is 5.73 Å². The Kier molecular flexibility index (Phi) is 2.30. The molecule has 0 amide bonds. The number of hydrogen-bond donors (Lipinski definition) is 2. The number of benzene rings is 1. The highest BCUT2D eigenvalue weighted by atomic mass is 14.9. The van der Waals surface area contributed by atoms with Crippen LogP contribution in [0.15, 0.2) is 24.3 Å². The lowest BCUT2D eigenvalue weighted by Gasteiger charge is -2.06. The van der Waals surface area contributed by atoms with Crippen LogP contribution in [0.3, 0.4) is 0 Å². The maximum Gasteiger partial charge on any atom is 0.124 e. The van der Waals surface area contributed by atoms with Crippen LogP contribution in [0, 0.1) is 6.92 Å². The number of para-hydroxylation sites is 1. The summed E-state index contributed by atoms with van der Waals surface area (Å²) in [4.78, 5) is 7.98. The number of nitrogens with zero attached hydrogens (tertiary/aromatic N) is 1. The van der Waals surface area contributed by atoms with Gasteiger partial charge in [-0.05, 0) is 24.5 Å². The number of aromatic amines is 1. The molecule has 2 heterocycles. The molecule has 0 fully saturated rings. The van der Waals surface area contributed by atoms with Crippen molar-refractivity contribution in [2.45, 2.75) is 26.7 Å². The first kappa shape index (κ1) is 11.1. The molecule has 0 radical (unpaired) electrons. The van der Waals surface area contributed by atoms with Crippen LogP contribution >= 0.6 is 0 Å². The van der Waals surface area contributed by atoms with Gasteiger partial charge in [0, 0.05) is 16.3 Å². The quantitative estimate of drug-likeness (QED) is 0.679. The molecule has 3 rings (SSSR count). The predicted octanol–water partition coefficient (Wildman–Crippen LogP) is 3.73. The van der Waals surface area contributed by atoms with E-state index >= 15 is 0 Å². The first-order chi connectivity index (χ1) is 8.58. The summed E-state index contributed by atoms with van der Waals surface area (Å²) >= 11 is 0. The lowest BCUT2D eigenvalue weighted by Crippen LogP contribution is -1.98. The summed E-state index contributed by atoms with van der Waals surface area (Å²) in [6.07, 6.45) is 0. The van der Waals surface area contributed by atoms with Gasteiger partial charge in [-0.3, -0.25) is 0 Å². The smallest absolute Gasteiger partial charge is 0.124 e. The summed E-state index contributed by atoms with van der Waals surface area (Å²) in [5.41, 5.74) is 10.5. The van der Waals surface area contributed by atoms with E-state index in [0.717, 1.165) is 11.2 Å². The molecule has 0 saturated carbocycles. The highest BCUT2D eigenvalue weighted by Crippen LogP contribution is 2.32. The molecule has 0 atom stereocenters. The van der Waals surface area contributed by atoms with Crippen LogP contribution in [0.25, 0.3) is 21.8 Å².